The van der Waals surface area contributed by atoms with Crippen molar-refractivity contribution in [1.82, 2.24) is 0 Å². The molecule has 1 aromatic carbocycles. The average molecular weight is 257 g/mol. The van der Waals surface area contributed by atoms with Gasteiger partial charge in [-0.25, -0.2) is 4.79 Å². The summed E-state index contributed by atoms with van der Waals surface area (Å²) >= 11 is 7.46. The number of halogens is 1. The van der Waals surface area contributed by atoms with E-state index in [9.17, 15) is 4.79 Å². The normalized spacial score (nSPS) is 11.4. The lowest BCUT2D eigenvalue weighted by molar-refractivity contribution is 0.0600. The molecule has 4 heteroatoms. The third-order valence-electron chi connectivity index (χ3n) is 2.13. The van der Waals surface area contributed by atoms with Gasteiger partial charge in [0.1, 0.15) is 0 Å². The number of hydrogen-bond acceptors (Lipinski definition) is 3. The molecule has 1 rings (SSSR count). The van der Waals surface area contributed by atoms with E-state index in [1.54, 1.807) is 23.9 Å². The van der Waals surface area contributed by atoms with Crippen molar-refractivity contribution in [2.24, 2.45) is 0 Å². The van der Waals surface area contributed by atoms with E-state index in [2.05, 4.69) is 0 Å². The maximum Gasteiger partial charge on any atom is 0.338 e. The maximum absolute atomic E-state index is 11.6. The van der Waals surface area contributed by atoms with Crippen LogP contribution in [-0.2, 0) is 4.74 Å². The third-order valence-corrected chi connectivity index (χ3v) is 3.27. The fraction of sp³-hybridized carbons (Fsp3) is 0.250. The van der Waals surface area contributed by atoms with Crippen molar-refractivity contribution in [1.29, 1.82) is 0 Å². The summed E-state index contributed by atoms with van der Waals surface area (Å²) in [5, 5.41) is 0.528. The average Bonchev–Trinajstić information content (AvgIpc) is 2.31. The quantitative estimate of drug-likeness (QED) is 0.769. The Hall–Kier alpha value is -0.930. The van der Waals surface area contributed by atoms with Crippen molar-refractivity contribution < 1.29 is 9.53 Å². The SMILES string of the molecule is C/C=C(\SC)c1ccc(Cl)cc1C(=O)OC. The van der Waals surface area contributed by atoms with E-state index >= 15 is 0 Å². The molecule has 1 aromatic rings. The molecule has 0 N–H and O–H groups in total. The topological polar surface area (TPSA) is 26.3 Å². The van der Waals surface area contributed by atoms with Crippen LogP contribution in [0, 0.1) is 0 Å². The first kappa shape index (κ1) is 13.1. The number of carbonyl (C=O) groups is 1. The van der Waals surface area contributed by atoms with Crippen molar-refractivity contribution in [2.75, 3.05) is 13.4 Å². The van der Waals surface area contributed by atoms with Crippen LogP contribution in [0.2, 0.25) is 5.02 Å². The first-order valence-corrected chi connectivity index (χ1v) is 6.32. The number of thioether (sulfide) groups is 1. The molecule has 2 nitrogen and oxygen atoms in total. The summed E-state index contributed by atoms with van der Waals surface area (Å²) in [4.78, 5) is 12.6. The number of carbonyl (C=O) groups excluding carboxylic acids is 1. The number of methoxy groups -OCH3 is 1. The Kier molecular flexibility index (Phi) is 4.90. The predicted octanol–water partition coefficient (Wildman–Crippen LogP) is 3.85. The Balaban J connectivity index is 3.33. The number of hydrogen-bond donors (Lipinski definition) is 0. The summed E-state index contributed by atoms with van der Waals surface area (Å²) in [6.07, 6.45) is 3.92. The van der Waals surface area contributed by atoms with E-state index in [0.29, 0.717) is 10.6 Å². The van der Waals surface area contributed by atoms with Gasteiger partial charge in [-0.2, -0.15) is 0 Å². The maximum atomic E-state index is 11.6. The van der Waals surface area contributed by atoms with Crippen LogP contribution in [0.4, 0.5) is 0 Å². The van der Waals surface area contributed by atoms with Gasteiger partial charge in [-0.3, -0.25) is 0 Å². The Labute approximate surface area is 105 Å². The van der Waals surface area contributed by atoms with Gasteiger partial charge in [0.05, 0.1) is 12.7 Å². The molecular weight excluding hydrogens is 244 g/mol. The van der Waals surface area contributed by atoms with Gasteiger partial charge in [-0.15, -0.1) is 11.8 Å². The van der Waals surface area contributed by atoms with Crippen LogP contribution in [0.1, 0.15) is 22.8 Å². The molecule has 0 radical (unpaired) electrons. The van der Waals surface area contributed by atoms with E-state index < -0.39 is 0 Å². The molecule has 0 amide bonds. The minimum Gasteiger partial charge on any atom is -0.465 e. The molecular formula is C12H13ClO2S. The van der Waals surface area contributed by atoms with Crippen molar-refractivity contribution >= 4 is 34.2 Å². The van der Waals surface area contributed by atoms with E-state index in [1.165, 1.54) is 7.11 Å². The van der Waals surface area contributed by atoms with Crippen LogP contribution in [0.25, 0.3) is 4.91 Å². The molecule has 0 aliphatic carbocycles. The summed E-state index contributed by atoms with van der Waals surface area (Å²) in [5.41, 5.74) is 1.35. The number of esters is 1. The third kappa shape index (κ3) is 2.80. The van der Waals surface area contributed by atoms with Gasteiger partial charge in [0, 0.05) is 15.5 Å². The Bertz CT molecular complexity index is 427. The fourth-order valence-corrected chi connectivity index (χ4v) is 2.20. The number of rotatable bonds is 3. The molecule has 0 fully saturated rings. The van der Waals surface area contributed by atoms with Crippen molar-refractivity contribution in [3.8, 4) is 0 Å². The zero-order chi connectivity index (χ0) is 12.1. The Morgan fingerprint density at radius 1 is 1.44 bits per heavy atom. The summed E-state index contributed by atoms with van der Waals surface area (Å²) in [6, 6.07) is 5.23. The van der Waals surface area contributed by atoms with Crippen molar-refractivity contribution in [3.05, 3.63) is 40.4 Å². The predicted molar refractivity (Wildman–Crippen MR) is 70.0 cm³/mol. The molecule has 16 heavy (non-hydrogen) atoms. The van der Waals surface area contributed by atoms with Gasteiger partial charge in [0.2, 0.25) is 0 Å². The van der Waals surface area contributed by atoms with E-state index in [1.807, 2.05) is 25.3 Å². The highest BCUT2D eigenvalue weighted by molar-refractivity contribution is 8.07. The molecule has 0 aliphatic heterocycles. The second kappa shape index (κ2) is 5.97. The van der Waals surface area contributed by atoms with E-state index in [-0.39, 0.29) is 5.97 Å². The van der Waals surface area contributed by atoms with Gasteiger partial charge in [-0.1, -0.05) is 23.7 Å². The van der Waals surface area contributed by atoms with Gasteiger partial charge < -0.3 is 4.74 Å². The molecule has 0 bridgehead atoms. The summed E-state index contributed by atoms with van der Waals surface area (Å²) < 4.78 is 4.74. The lowest BCUT2D eigenvalue weighted by Gasteiger charge is -2.09. The summed E-state index contributed by atoms with van der Waals surface area (Å²) in [7, 11) is 1.36. The van der Waals surface area contributed by atoms with Crippen LogP contribution in [0.5, 0.6) is 0 Å². The largest absolute Gasteiger partial charge is 0.465 e. The molecule has 0 aromatic heterocycles. The van der Waals surface area contributed by atoms with Gasteiger partial charge in [0.25, 0.3) is 0 Å². The molecule has 0 saturated carbocycles. The zero-order valence-corrected chi connectivity index (χ0v) is 11.0. The molecule has 0 spiro atoms. The zero-order valence-electron chi connectivity index (χ0n) is 9.41. The Morgan fingerprint density at radius 2 is 2.12 bits per heavy atom. The van der Waals surface area contributed by atoms with E-state index in [4.69, 9.17) is 16.3 Å². The minimum absolute atomic E-state index is 0.370. The fourth-order valence-electron chi connectivity index (χ4n) is 1.39. The van der Waals surface area contributed by atoms with Gasteiger partial charge in [0.15, 0.2) is 0 Å². The van der Waals surface area contributed by atoms with Crippen molar-refractivity contribution in [2.45, 2.75) is 6.92 Å². The highest BCUT2D eigenvalue weighted by Gasteiger charge is 2.14. The van der Waals surface area contributed by atoms with Crippen LogP contribution in [-0.4, -0.2) is 19.3 Å². The lowest BCUT2D eigenvalue weighted by atomic mass is 10.1. The van der Waals surface area contributed by atoms with Gasteiger partial charge >= 0.3 is 5.97 Å². The minimum atomic E-state index is -0.370. The van der Waals surface area contributed by atoms with Crippen molar-refractivity contribution in [3.63, 3.8) is 0 Å². The summed E-state index contributed by atoms with van der Waals surface area (Å²) in [5.74, 6) is -0.370. The Morgan fingerprint density at radius 3 is 2.62 bits per heavy atom. The number of ether oxygens (including phenoxy) is 1. The molecule has 0 unspecified atom stereocenters. The number of allylic oxidation sites excluding steroid dienone is 1. The second-order valence-corrected chi connectivity index (χ2v) is 4.32. The smallest absolute Gasteiger partial charge is 0.338 e. The highest BCUT2D eigenvalue weighted by Crippen LogP contribution is 2.30. The van der Waals surface area contributed by atoms with Crippen LogP contribution < -0.4 is 0 Å². The van der Waals surface area contributed by atoms with Crippen LogP contribution in [0.15, 0.2) is 24.3 Å². The molecule has 0 aliphatic rings. The first-order valence-electron chi connectivity index (χ1n) is 4.72. The lowest BCUT2D eigenvalue weighted by Crippen LogP contribution is -2.04. The molecule has 0 saturated heterocycles. The van der Waals surface area contributed by atoms with E-state index in [0.717, 1.165) is 10.5 Å². The standard InChI is InChI=1S/C12H13ClO2S/c1-4-11(16-3)9-6-5-8(13)7-10(9)12(14)15-2/h4-7H,1-3H3/b11-4-. The first-order chi connectivity index (χ1) is 7.63. The molecule has 86 valence electrons. The monoisotopic (exact) mass is 256 g/mol. The second-order valence-electron chi connectivity index (χ2n) is 3.04. The van der Waals surface area contributed by atoms with Crippen LogP contribution >= 0.6 is 23.4 Å². The molecule has 0 heterocycles. The number of benzene rings is 1. The van der Waals surface area contributed by atoms with Crippen LogP contribution in [0.3, 0.4) is 0 Å². The van der Waals surface area contributed by atoms with Gasteiger partial charge in [-0.05, 0) is 25.3 Å². The molecule has 0 atom stereocenters. The highest BCUT2D eigenvalue weighted by atomic mass is 35.5. The summed E-state index contributed by atoms with van der Waals surface area (Å²) in [6.45, 7) is 1.93.